The predicted molar refractivity (Wildman–Crippen MR) is 56.5 cm³/mol. The van der Waals surface area contributed by atoms with Gasteiger partial charge in [0.15, 0.2) is 5.69 Å². The van der Waals surface area contributed by atoms with Gasteiger partial charge in [-0.25, -0.2) is 13.8 Å². The Morgan fingerprint density at radius 2 is 1.94 bits per heavy atom. The molecule has 0 fully saturated rings. The van der Waals surface area contributed by atoms with Crippen LogP contribution in [0, 0.1) is 3.57 Å². The summed E-state index contributed by atoms with van der Waals surface area (Å²) >= 11 is 6.74. The van der Waals surface area contributed by atoms with Crippen LogP contribution in [-0.4, -0.2) is 4.98 Å². The fourth-order valence-electron chi connectivity index (χ4n) is 1.07. The Kier molecular flexibility index (Phi) is 4.33. The molecule has 0 radical (unpaired) electrons. The van der Waals surface area contributed by atoms with Gasteiger partial charge in [-0.15, -0.1) is 11.6 Å². The van der Waals surface area contributed by atoms with Crippen molar-refractivity contribution in [2.45, 2.75) is 18.5 Å². The van der Waals surface area contributed by atoms with Crippen molar-refractivity contribution in [2.24, 2.45) is 0 Å². The zero-order valence-corrected chi connectivity index (χ0v) is 10.4. The van der Waals surface area contributed by atoms with Crippen LogP contribution in [0.2, 0.25) is 0 Å². The summed E-state index contributed by atoms with van der Waals surface area (Å²) in [5.41, 5.74) is -2.74. The molecule has 0 unspecified atom stereocenters. The first-order chi connectivity index (χ1) is 7.27. The summed E-state index contributed by atoms with van der Waals surface area (Å²) in [5.74, 6) is -0.261. The van der Waals surface area contributed by atoms with Crippen LogP contribution in [-0.2, 0) is 12.1 Å². The van der Waals surface area contributed by atoms with Gasteiger partial charge in [0.05, 0.1) is 17.1 Å². The highest BCUT2D eigenvalue weighted by molar-refractivity contribution is 14.1. The summed E-state index contributed by atoms with van der Waals surface area (Å²) in [6.45, 7) is 0. The Morgan fingerprint density at radius 1 is 1.38 bits per heavy atom. The van der Waals surface area contributed by atoms with Crippen LogP contribution in [0.3, 0.4) is 0 Å². The van der Waals surface area contributed by atoms with Crippen molar-refractivity contribution in [1.82, 2.24) is 4.98 Å². The van der Waals surface area contributed by atoms with Crippen molar-refractivity contribution in [1.29, 1.82) is 0 Å². The second-order valence-electron chi connectivity index (χ2n) is 2.79. The molecule has 1 nitrogen and oxygen atoms in total. The van der Waals surface area contributed by atoms with Gasteiger partial charge in [0.1, 0.15) is 0 Å². The Bertz CT molecular complexity index is 393. The lowest BCUT2D eigenvalue weighted by atomic mass is 10.1. The first-order valence-corrected chi connectivity index (χ1v) is 5.49. The summed E-state index contributed by atoms with van der Waals surface area (Å²) in [7, 11) is 0. The van der Waals surface area contributed by atoms with Gasteiger partial charge in [0.25, 0.3) is 6.43 Å². The van der Waals surface area contributed by atoms with E-state index in [-0.39, 0.29) is 15.1 Å². The van der Waals surface area contributed by atoms with Crippen LogP contribution in [0.1, 0.15) is 23.4 Å². The predicted octanol–water partition coefficient (Wildman–Crippen LogP) is 4.38. The second kappa shape index (κ2) is 4.99. The molecular weight excluding hydrogens is 367 g/mol. The van der Waals surface area contributed by atoms with Crippen molar-refractivity contribution in [3.63, 3.8) is 0 Å². The summed E-state index contributed by atoms with van der Waals surface area (Å²) in [6, 6.07) is 1.12. The number of pyridine rings is 1. The summed E-state index contributed by atoms with van der Waals surface area (Å²) in [6.07, 6.45) is -8.13. The van der Waals surface area contributed by atoms with Gasteiger partial charge in [-0.1, -0.05) is 0 Å². The second-order valence-corrected chi connectivity index (χ2v) is 4.22. The maximum atomic E-state index is 12.5. The molecule has 0 aliphatic carbocycles. The summed E-state index contributed by atoms with van der Waals surface area (Å²) < 4.78 is 62.2. The van der Waals surface area contributed by atoms with E-state index in [1.54, 1.807) is 0 Å². The lowest BCUT2D eigenvalue weighted by Crippen LogP contribution is -2.15. The summed E-state index contributed by atoms with van der Waals surface area (Å²) in [4.78, 5) is 3.10. The number of hydrogen-bond donors (Lipinski definition) is 0. The maximum Gasteiger partial charge on any atom is 0.433 e. The fourth-order valence-corrected chi connectivity index (χ4v) is 2.05. The molecule has 1 aromatic heterocycles. The smallest absolute Gasteiger partial charge is 0.247 e. The monoisotopic (exact) mass is 371 g/mol. The van der Waals surface area contributed by atoms with Gasteiger partial charge in [0, 0.05) is 3.57 Å². The van der Waals surface area contributed by atoms with Crippen LogP contribution < -0.4 is 0 Å². The average molecular weight is 371 g/mol. The van der Waals surface area contributed by atoms with E-state index in [0.29, 0.717) is 0 Å². The Balaban J connectivity index is 3.47. The largest absolute Gasteiger partial charge is 0.433 e. The van der Waals surface area contributed by atoms with Crippen LogP contribution in [0.25, 0.3) is 0 Å². The number of nitrogens with zero attached hydrogens (tertiary/aromatic N) is 1. The highest BCUT2D eigenvalue weighted by Crippen LogP contribution is 2.37. The molecule has 1 rings (SSSR count). The van der Waals surface area contributed by atoms with E-state index in [0.717, 1.165) is 6.07 Å². The highest BCUT2D eigenvalue weighted by atomic mass is 127. The number of hydrogen-bond acceptors (Lipinski definition) is 1. The lowest BCUT2D eigenvalue weighted by Gasteiger charge is -2.14. The summed E-state index contributed by atoms with van der Waals surface area (Å²) in [5, 5.41) is 0. The molecule has 0 bridgehead atoms. The minimum atomic E-state index is -4.91. The average Bonchev–Trinajstić information content (AvgIpc) is 2.14. The van der Waals surface area contributed by atoms with E-state index in [1.165, 1.54) is 22.6 Å². The molecule has 0 saturated carbocycles. The molecule has 0 spiro atoms. The normalized spacial score (nSPS) is 12.2. The Labute approximate surface area is 106 Å². The third-order valence-electron chi connectivity index (χ3n) is 1.68. The van der Waals surface area contributed by atoms with E-state index in [4.69, 9.17) is 11.6 Å². The van der Waals surface area contributed by atoms with E-state index in [1.807, 2.05) is 0 Å². The standard InChI is InChI=1S/C8H4ClF5IN/c9-2-3-1-4(15)5(7(10)11)6(16-3)8(12,13)14/h1,7H,2H2. The highest BCUT2D eigenvalue weighted by Gasteiger charge is 2.39. The van der Waals surface area contributed by atoms with Crippen molar-refractivity contribution in [2.75, 3.05) is 0 Å². The van der Waals surface area contributed by atoms with Gasteiger partial charge in [0.2, 0.25) is 0 Å². The van der Waals surface area contributed by atoms with Crippen LogP contribution in [0.5, 0.6) is 0 Å². The van der Waals surface area contributed by atoms with Gasteiger partial charge >= 0.3 is 6.18 Å². The van der Waals surface area contributed by atoms with Crippen LogP contribution in [0.15, 0.2) is 6.07 Å². The van der Waals surface area contributed by atoms with Crippen molar-refractivity contribution in [3.05, 3.63) is 26.6 Å². The van der Waals surface area contributed by atoms with E-state index in [9.17, 15) is 22.0 Å². The molecule has 16 heavy (non-hydrogen) atoms. The molecule has 1 aromatic rings. The number of alkyl halides is 6. The van der Waals surface area contributed by atoms with Gasteiger partial charge in [-0.3, -0.25) is 0 Å². The van der Waals surface area contributed by atoms with Gasteiger partial charge < -0.3 is 0 Å². The van der Waals surface area contributed by atoms with Crippen LogP contribution in [0.4, 0.5) is 22.0 Å². The minimum absolute atomic E-state index is 0.0807. The number of aromatic nitrogens is 1. The van der Waals surface area contributed by atoms with Crippen molar-refractivity contribution in [3.8, 4) is 0 Å². The topological polar surface area (TPSA) is 12.9 Å². The lowest BCUT2D eigenvalue weighted by molar-refractivity contribution is -0.143. The molecule has 1 heterocycles. The van der Waals surface area contributed by atoms with Crippen molar-refractivity contribution >= 4 is 34.2 Å². The first-order valence-electron chi connectivity index (χ1n) is 3.88. The molecular formula is C8H4ClF5IN. The first kappa shape index (κ1) is 13.9. The van der Waals surface area contributed by atoms with Crippen molar-refractivity contribution < 1.29 is 22.0 Å². The molecule has 0 aromatic carbocycles. The van der Waals surface area contributed by atoms with E-state index < -0.39 is 23.9 Å². The molecule has 0 amide bonds. The zero-order chi connectivity index (χ0) is 12.5. The van der Waals surface area contributed by atoms with E-state index >= 15 is 0 Å². The molecule has 0 atom stereocenters. The zero-order valence-electron chi connectivity index (χ0n) is 7.45. The molecule has 0 aliphatic rings. The molecule has 0 N–H and O–H groups in total. The quantitative estimate of drug-likeness (QED) is 0.427. The van der Waals surface area contributed by atoms with E-state index in [2.05, 4.69) is 4.98 Å². The van der Waals surface area contributed by atoms with Gasteiger partial charge in [-0.2, -0.15) is 13.2 Å². The SMILES string of the molecule is FC(F)c1c(I)cc(CCl)nc1C(F)(F)F. The molecule has 8 heteroatoms. The third kappa shape index (κ3) is 2.93. The number of rotatable bonds is 2. The molecule has 0 aliphatic heterocycles. The Morgan fingerprint density at radius 3 is 2.31 bits per heavy atom. The maximum absolute atomic E-state index is 12.5. The molecule has 90 valence electrons. The Hall–Kier alpha value is -0.180. The number of halogens is 7. The fraction of sp³-hybridized carbons (Fsp3) is 0.375. The van der Waals surface area contributed by atoms with Gasteiger partial charge in [-0.05, 0) is 28.7 Å². The third-order valence-corrected chi connectivity index (χ3v) is 2.85. The minimum Gasteiger partial charge on any atom is -0.247 e. The molecule has 0 saturated heterocycles. The van der Waals surface area contributed by atoms with Crippen LogP contribution >= 0.6 is 34.2 Å².